The van der Waals surface area contributed by atoms with Crippen LogP contribution in [0.1, 0.15) is 75.0 Å². The molecule has 16 heteroatoms. The smallest absolute Gasteiger partial charge is 0.407 e. The lowest BCUT2D eigenvalue weighted by atomic mass is 9.98. The van der Waals surface area contributed by atoms with Crippen molar-refractivity contribution in [3.63, 3.8) is 0 Å². The van der Waals surface area contributed by atoms with Crippen molar-refractivity contribution in [3.05, 3.63) is 120 Å². The fourth-order valence-corrected chi connectivity index (χ4v) is 9.29. The second-order valence-electron chi connectivity index (χ2n) is 17.2. The molecule has 2 aliphatic heterocycles. The zero-order valence-electron chi connectivity index (χ0n) is 37.2. The molecule has 8 rings (SSSR count). The van der Waals surface area contributed by atoms with Crippen LogP contribution < -0.4 is 16.0 Å². The van der Waals surface area contributed by atoms with Crippen molar-refractivity contribution in [2.24, 2.45) is 5.92 Å². The zero-order chi connectivity index (χ0) is 46.7. The van der Waals surface area contributed by atoms with Crippen LogP contribution in [-0.2, 0) is 36.2 Å². The number of alkyl halides is 2. The number of H-pyrrole nitrogens is 1. The van der Waals surface area contributed by atoms with E-state index in [4.69, 9.17) is 9.47 Å². The van der Waals surface area contributed by atoms with E-state index in [9.17, 15) is 24.0 Å². The maximum absolute atomic E-state index is 16.6. The molecule has 4 aromatic carbocycles. The highest BCUT2D eigenvalue weighted by Crippen LogP contribution is 2.53. The fourth-order valence-electron chi connectivity index (χ4n) is 9.29. The van der Waals surface area contributed by atoms with Crippen LogP contribution in [0.2, 0.25) is 0 Å². The molecule has 1 aromatic heterocycles. The van der Waals surface area contributed by atoms with E-state index in [0.29, 0.717) is 83.8 Å². The Kier molecular flexibility index (Phi) is 13.2. The average Bonchev–Trinajstić information content (AvgIpc) is 4.15. The number of alkyl carbamates (subject to hydrolysis) is 2. The standard InChI is InChI=1S/C50H53F2N7O7/c1-5-66-49(64)57-43(29(2)3)47(62)59-23-11-17-42(59)45(60)54-34-15-9-14-31(25-34)32-18-20-35-36-21-19-33(27-38(36)50(51,52)37(35)26-32)40-28-53-44(55-40)41-16-10-22-58(41)46(61)39(56-48(63)65-4)24-30-12-7-6-8-13-30/h6-9,12-15,18-21,25-29,39,41-43H,5,10-11,16-17,22-24H2,1-4H3,(H,53,55)(H,54,60)(H,56,63)(H,57,64)/t39?,41?,42-,43-/m0/s1. The van der Waals surface area contributed by atoms with Gasteiger partial charge in [0, 0.05) is 41.9 Å². The number of nitrogens with zero attached hydrogens (tertiary/aromatic N) is 3. The van der Waals surface area contributed by atoms with E-state index in [2.05, 4.69) is 25.9 Å². The first kappa shape index (κ1) is 45.5. The van der Waals surface area contributed by atoms with Gasteiger partial charge in [-0.2, -0.15) is 8.78 Å². The summed E-state index contributed by atoms with van der Waals surface area (Å²) in [6, 6.07) is 23.3. The SMILES string of the molecule is CCOC(=O)N[C@H](C(=O)N1CCC[C@H]1C(=O)Nc1cccc(-c2ccc3c(c2)C(F)(F)c2cc(-c4cnc(C5CCCN5C(=O)C(Cc5ccccc5)NC(=O)OC)[nH]4)ccc2-3)c1)C(C)C. The molecule has 5 amide bonds. The third-order valence-corrected chi connectivity index (χ3v) is 12.6. The maximum atomic E-state index is 16.6. The molecule has 3 aliphatic rings. The number of methoxy groups -OCH3 is 1. The summed E-state index contributed by atoms with van der Waals surface area (Å²) in [5.41, 5.74) is 4.01. The van der Waals surface area contributed by atoms with Gasteiger partial charge in [0.25, 0.3) is 5.92 Å². The first-order valence-electron chi connectivity index (χ1n) is 22.3. The first-order valence-corrected chi connectivity index (χ1v) is 22.3. The Bertz CT molecular complexity index is 2640. The van der Waals surface area contributed by atoms with Crippen LogP contribution in [0.3, 0.4) is 0 Å². The zero-order valence-corrected chi connectivity index (χ0v) is 37.2. The molecule has 2 saturated heterocycles. The number of benzene rings is 4. The fraction of sp³-hybridized carbons (Fsp3) is 0.360. The molecule has 1 aliphatic carbocycles. The van der Waals surface area contributed by atoms with Gasteiger partial charge in [0.2, 0.25) is 17.7 Å². The lowest BCUT2D eigenvalue weighted by Gasteiger charge is -2.30. The Morgan fingerprint density at radius 2 is 1.48 bits per heavy atom. The van der Waals surface area contributed by atoms with Gasteiger partial charge in [0.15, 0.2) is 0 Å². The second-order valence-corrected chi connectivity index (χ2v) is 17.2. The molecule has 0 radical (unpaired) electrons. The van der Waals surface area contributed by atoms with Crippen molar-refractivity contribution in [3.8, 4) is 33.5 Å². The summed E-state index contributed by atoms with van der Waals surface area (Å²) < 4.78 is 43.0. The minimum absolute atomic E-state index is 0.145. The third-order valence-electron chi connectivity index (χ3n) is 12.6. The number of hydrogen-bond acceptors (Lipinski definition) is 8. The highest BCUT2D eigenvalue weighted by molar-refractivity contribution is 5.99. The van der Waals surface area contributed by atoms with E-state index >= 15 is 8.78 Å². The van der Waals surface area contributed by atoms with E-state index in [1.165, 1.54) is 24.1 Å². The topological polar surface area (TPSA) is 175 Å². The van der Waals surface area contributed by atoms with Crippen LogP contribution in [0.4, 0.5) is 24.1 Å². The summed E-state index contributed by atoms with van der Waals surface area (Å²) in [5, 5.41) is 8.24. The minimum atomic E-state index is -3.34. The van der Waals surface area contributed by atoms with Crippen molar-refractivity contribution < 1.29 is 42.2 Å². The van der Waals surface area contributed by atoms with E-state index in [0.717, 1.165) is 5.56 Å². The molecule has 344 valence electrons. The van der Waals surface area contributed by atoms with Gasteiger partial charge in [-0.15, -0.1) is 0 Å². The Morgan fingerprint density at radius 1 is 0.803 bits per heavy atom. The van der Waals surface area contributed by atoms with Crippen molar-refractivity contribution in [2.45, 2.75) is 83.0 Å². The number of nitrogens with one attached hydrogen (secondary N) is 4. The van der Waals surface area contributed by atoms with Crippen LogP contribution in [0.5, 0.6) is 0 Å². The molecular weight excluding hydrogens is 849 g/mol. The van der Waals surface area contributed by atoms with Crippen molar-refractivity contribution >= 4 is 35.6 Å². The molecule has 14 nitrogen and oxygen atoms in total. The number of likely N-dealkylation sites (tertiary alicyclic amines) is 2. The molecule has 2 unspecified atom stereocenters. The summed E-state index contributed by atoms with van der Waals surface area (Å²) >= 11 is 0. The Labute approximate surface area is 381 Å². The van der Waals surface area contributed by atoms with Gasteiger partial charge in [-0.25, -0.2) is 14.6 Å². The Balaban J connectivity index is 0.968. The summed E-state index contributed by atoms with van der Waals surface area (Å²) in [5.74, 6) is -4.10. The highest BCUT2D eigenvalue weighted by atomic mass is 19.3. The van der Waals surface area contributed by atoms with Crippen LogP contribution >= 0.6 is 0 Å². The lowest BCUT2D eigenvalue weighted by molar-refractivity contribution is -0.139. The average molecular weight is 902 g/mol. The highest BCUT2D eigenvalue weighted by Gasteiger charge is 2.45. The summed E-state index contributed by atoms with van der Waals surface area (Å²) in [7, 11) is 1.25. The monoisotopic (exact) mass is 901 g/mol. The van der Waals surface area contributed by atoms with Gasteiger partial charge in [-0.1, -0.05) is 80.6 Å². The molecule has 4 N–H and O–H groups in total. The van der Waals surface area contributed by atoms with Gasteiger partial charge < -0.3 is 40.2 Å². The largest absolute Gasteiger partial charge is 0.453 e. The number of amides is 5. The van der Waals surface area contributed by atoms with E-state index in [1.54, 1.807) is 66.6 Å². The number of anilines is 1. The van der Waals surface area contributed by atoms with Crippen molar-refractivity contribution in [1.82, 2.24) is 30.4 Å². The second kappa shape index (κ2) is 19.2. The number of carbonyl (C=O) groups excluding carboxylic acids is 5. The van der Waals surface area contributed by atoms with Crippen molar-refractivity contribution in [1.29, 1.82) is 0 Å². The molecule has 2 fully saturated rings. The number of rotatable bonds is 13. The van der Waals surface area contributed by atoms with Crippen LogP contribution in [0.15, 0.2) is 97.2 Å². The normalized spacial score (nSPS) is 18.0. The number of halogens is 2. The number of aromatic nitrogens is 2. The molecule has 66 heavy (non-hydrogen) atoms. The third kappa shape index (κ3) is 9.22. The summed E-state index contributed by atoms with van der Waals surface area (Å²) in [6.07, 6.45) is 2.84. The molecule has 0 spiro atoms. The molecular formula is C50H53F2N7O7. The van der Waals surface area contributed by atoms with Crippen LogP contribution in [0.25, 0.3) is 33.5 Å². The number of fused-ring (bicyclic) bond motifs is 3. The quantitative estimate of drug-likeness (QED) is 0.0915. The number of imidazole rings is 1. The Hall–Kier alpha value is -7.10. The number of hydrogen-bond donors (Lipinski definition) is 4. The van der Waals surface area contributed by atoms with Gasteiger partial charge in [-0.3, -0.25) is 14.4 Å². The number of aromatic amines is 1. The van der Waals surface area contributed by atoms with Crippen molar-refractivity contribution in [2.75, 3.05) is 32.1 Å². The van der Waals surface area contributed by atoms with E-state index < -0.39 is 42.3 Å². The Morgan fingerprint density at radius 3 is 2.20 bits per heavy atom. The van der Waals surface area contributed by atoms with E-state index in [1.807, 2.05) is 44.2 Å². The van der Waals surface area contributed by atoms with Gasteiger partial charge in [0.1, 0.15) is 23.9 Å². The summed E-state index contributed by atoms with van der Waals surface area (Å²) in [4.78, 5) is 76.9. The van der Waals surface area contributed by atoms with Gasteiger partial charge in [-0.05, 0) is 90.6 Å². The lowest BCUT2D eigenvalue weighted by Crippen LogP contribution is -2.54. The van der Waals surface area contributed by atoms with E-state index in [-0.39, 0.29) is 47.8 Å². The first-order chi connectivity index (χ1) is 31.8. The van der Waals surface area contributed by atoms with Gasteiger partial charge in [0.05, 0.1) is 31.6 Å². The minimum Gasteiger partial charge on any atom is -0.453 e. The molecule has 5 aromatic rings. The predicted octanol–water partition coefficient (Wildman–Crippen LogP) is 8.20. The van der Waals surface area contributed by atoms with Gasteiger partial charge >= 0.3 is 12.2 Å². The molecule has 0 bridgehead atoms. The van der Waals surface area contributed by atoms with Crippen LogP contribution in [0, 0.1) is 5.92 Å². The molecule has 3 heterocycles. The number of ether oxygens (including phenoxy) is 2. The molecule has 4 atom stereocenters. The molecule has 0 saturated carbocycles. The summed E-state index contributed by atoms with van der Waals surface area (Å²) in [6.45, 7) is 6.26. The van der Waals surface area contributed by atoms with Crippen LogP contribution in [-0.4, -0.2) is 94.6 Å². The number of carbonyl (C=O) groups is 5. The predicted molar refractivity (Wildman–Crippen MR) is 243 cm³/mol. The maximum Gasteiger partial charge on any atom is 0.407 e.